The first-order valence-corrected chi connectivity index (χ1v) is 17.1. The molecule has 49 heavy (non-hydrogen) atoms. The minimum absolute atomic E-state index is 0.0562. The summed E-state index contributed by atoms with van der Waals surface area (Å²) in [7, 11) is 0. The first kappa shape index (κ1) is 32.2. The molecule has 0 bridgehead atoms. The molecule has 0 radical (unpaired) electrons. The third-order valence-corrected chi connectivity index (χ3v) is 12.1. The van der Waals surface area contributed by atoms with E-state index in [0.717, 1.165) is 5.56 Å². The van der Waals surface area contributed by atoms with Crippen LogP contribution in [0.2, 0.25) is 5.02 Å². The van der Waals surface area contributed by atoms with E-state index < -0.39 is 52.4 Å². The van der Waals surface area contributed by atoms with Crippen molar-refractivity contribution in [3.8, 4) is 17.1 Å². The highest BCUT2D eigenvalue weighted by Crippen LogP contribution is 2.68. The number of hydrogen-bond donors (Lipinski definition) is 1. The Hall–Kier alpha value is -4.02. The molecule has 4 aliphatic rings. The molecule has 2 aromatic heterocycles. The van der Waals surface area contributed by atoms with Gasteiger partial charge in [-0.25, -0.2) is 9.59 Å². The number of hydrogen-bond acceptors (Lipinski definition) is 9. The normalized spacial score (nSPS) is 34.7. The smallest absolute Gasteiger partial charge is 0.345 e. The lowest BCUT2D eigenvalue weighted by Crippen LogP contribution is -2.71. The number of fused-ring (bicyclic) bond motifs is 6. The topological polar surface area (TPSA) is 117 Å². The molecule has 0 unspecified atom stereocenters. The zero-order valence-corrected chi connectivity index (χ0v) is 28.3. The summed E-state index contributed by atoms with van der Waals surface area (Å²) in [4.78, 5) is 31.7. The average Bonchev–Trinajstić information content (AvgIpc) is 3.09. The van der Waals surface area contributed by atoms with E-state index in [0.29, 0.717) is 31.4 Å². The largest absolute Gasteiger partial charge is 0.482 e. The Bertz CT molecular complexity index is 1950. The van der Waals surface area contributed by atoms with Gasteiger partial charge in [-0.2, -0.15) is 0 Å². The number of aliphatic hydroxyl groups is 1. The average molecular weight is 684 g/mol. The number of benzene rings is 2. The minimum atomic E-state index is -1.27. The summed E-state index contributed by atoms with van der Waals surface area (Å²) >= 11 is 6.45. The number of aromatic nitrogens is 1. The number of carbonyl (C=O) groups excluding carboxylic acids is 1. The predicted molar refractivity (Wildman–Crippen MR) is 180 cm³/mol. The highest BCUT2D eigenvalue weighted by molar-refractivity contribution is 6.33. The second-order valence-corrected chi connectivity index (χ2v) is 14.9. The van der Waals surface area contributed by atoms with E-state index in [1.165, 1.54) is 0 Å². The van der Waals surface area contributed by atoms with Crippen molar-refractivity contribution in [3.63, 3.8) is 0 Å². The quantitative estimate of drug-likeness (QED) is 0.221. The number of esters is 1. The van der Waals surface area contributed by atoms with E-state index >= 15 is 0 Å². The van der Waals surface area contributed by atoms with Crippen molar-refractivity contribution in [1.29, 1.82) is 0 Å². The molecule has 9 nitrogen and oxygen atoms in total. The van der Waals surface area contributed by atoms with E-state index in [4.69, 9.17) is 35.0 Å². The maximum absolute atomic E-state index is 13.8. The Kier molecular flexibility index (Phi) is 7.75. The van der Waals surface area contributed by atoms with Gasteiger partial charge in [-0.1, -0.05) is 67.9 Å². The molecule has 0 amide bonds. The molecule has 10 heteroatoms. The van der Waals surface area contributed by atoms with Crippen LogP contribution in [-0.4, -0.2) is 40.5 Å². The first-order valence-electron chi connectivity index (χ1n) is 16.8. The summed E-state index contributed by atoms with van der Waals surface area (Å²) in [5, 5.41) is 12.6. The lowest BCUT2D eigenvalue weighted by atomic mass is 9.42. The molecule has 2 aliphatic carbocycles. The van der Waals surface area contributed by atoms with Gasteiger partial charge in [0, 0.05) is 40.9 Å². The van der Waals surface area contributed by atoms with Gasteiger partial charge in [0.1, 0.15) is 28.8 Å². The molecule has 3 fully saturated rings. The SMILES string of the molecule is C[C@@]12CO[C@@H](c3ccccc3)O[C@H]1CC[C@@]1(C)[C@H]2C[C@H](OC(=O)c2ccccc2Cl)[C@@]2(C)Oc3cc(-c4cccnc4)oc(=O)c3[C@H](O)[C@H]12. The van der Waals surface area contributed by atoms with Crippen LogP contribution in [-0.2, 0) is 14.2 Å². The first-order chi connectivity index (χ1) is 23.5. The highest BCUT2D eigenvalue weighted by atomic mass is 35.5. The zero-order chi connectivity index (χ0) is 34.1. The van der Waals surface area contributed by atoms with Crippen molar-refractivity contribution in [2.24, 2.45) is 22.7 Å². The van der Waals surface area contributed by atoms with Gasteiger partial charge in [-0.3, -0.25) is 4.98 Å². The third-order valence-electron chi connectivity index (χ3n) is 11.8. The fraction of sp³-hybridized carbons (Fsp3) is 0.410. The second-order valence-electron chi connectivity index (χ2n) is 14.5. The number of nitrogens with zero attached hydrogens (tertiary/aromatic N) is 1. The molecule has 4 heterocycles. The van der Waals surface area contributed by atoms with Gasteiger partial charge in [0.05, 0.1) is 29.4 Å². The standard InChI is InChI=1S/C39H38ClNO8/c1-37-16-15-29-38(2,21-45-36(48-29)22-10-5-4-6-11-22)28(37)19-30(47-34(43)24-13-7-8-14-25(24)40)39(3)33(37)32(42)31-27(49-39)18-26(46-35(31)44)23-12-9-17-41-20-23/h4-14,17-18,20,28-30,32-33,36,42H,15-16,19,21H2,1-3H3/t28-,29+,30+,32+,33-,36-,37+,38+,39-/m1/s1. The monoisotopic (exact) mass is 683 g/mol. The molecule has 0 spiro atoms. The Labute approximate surface area is 289 Å². The number of rotatable bonds is 4. The van der Waals surface area contributed by atoms with E-state index in [-0.39, 0.29) is 39.7 Å². The van der Waals surface area contributed by atoms with Crippen LogP contribution < -0.4 is 10.4 Å². The Morgan fingerprint density at radius 2 is 1.80 bits per heavy atom. The van der Waals surface area contributed by atoms with Crippen LogP contribution in [0, 0.1) is 22.7 Å². The van der Waals surface area contributed by atoms with Gasteiger partial charge in [-0.15, -0.1) is 0 Å². The lowest BCUT2D eigenvalue weighted by Gasteiger charge is -2.67. The fourth-order valence-electron chi connectivity index (χ4n) is 9.46. The fourth-order valence-corrected chi connectivity index (χ4v) is 9.67. The maximum atomic E-state index is 13.8. The van der Waals surface area contributed by atoms with Gasteiger partial charge in [-0.05, 0) is 61.8 Å². The predicted octanol–water partition coefficient (Wildman–Crippen LogP) is 7.32. The molecule has 2 saturated carbocycles. The van der Waals surface area contributed by atoms with Crippen LogP contribution in [0.15, 0.2) is 94.4 Å². The van der Waals surface area contributed by atoms with Crippen LogP contribution in [0.25, 0.3) is 11.3 Å². The Morgan fingerprint density at radius 3 is 2.55 bits per heavy atom. The van der Waals surface area contributed by atoms with Crippen molar-refractivity contribution in [2.75, 3.05) is 6.61 Å². The molecule has 1 N–H and O–H groups in total. The molecule has 9 atom stereocenters. The molecule has 254 valence electrons. The highest BCUT2D eigenvalue weighted by Gasteiger charge is 2.71. The number of aliphatic hydroxyl groups excluding tert-OH is 1. The second kappa shape index (κ2) is 11.8. The van der Waals surface area contributed by atoms with Crippen LogP contribution in [0.4, 0.5) is 0 Å². The molecule has 2 aromatic carbocycles. The van der Waals surface area contributed by atoms with Crippen LogP contribution >= 0.6 is 11.6 Å². The summed E-state index contributed by atoms with van der Waals surface area (Å²) in [5.41, 5.74) is -1.18. The Morgan fingerprint density at radius 1 is 1.02 bits per heavy atom. The number of ether oxygens (including phenoxy) is 4. The van der Waals surface area contributed by atoms with Crippen LogP contribution in [0.3, 0.4) is 0 Å². The molecule has 2 aliphatic heterocycles. The third kappa shape index (κ3) is 5.04. The summed E-state index contributed by atoms with van der Waals surface area (Å²) < 4.78 is 32.1. The van der Waals surface area contributed by atoms with Crippen LogP contribution in [0.5, 0.6) is 5.75 Å². The summed E-state index contributed by atoms with van der Waals surface area (Å²) in [6.45, 7) is 6.59. The van der Waals surface area contributed by atoms with Crippen LogP contribution in [0.1, 0.15) is 73.9 Å². The van der Waals surface area contributed by atoms with Gasteiger partial charge in [0.2, 0.25) is 0 Å². The summed E-state index contributed by atoms with van der Waals surface area (Å²) in [5.74, 6) is -0.958. The zero-order valence-electron chi connectivity index (χ0n) is 27.5. The van der Waals surface area contributed by atoms with Gasteiger partial charge in [0.25, 0.3) is 0 Å². The molecule has 8 rings (SSSR count). The van der Waals surface area contributed by atoms with Crippen molar-refractivity contribution >= 4 is 17.6 Å². The van der Waals surface area contributed by atoms with Crippen molar-refractivity contribution in [1.82, 2.24) is 4.98 Å². The van der Waals surface area contributed by atoms with Crippen molar-refractivity contribution < 1.29 is 33.3 Å². The molecule has 4 aromatic rings. The number of halogens is 1. The van der Waals surface area contributed by atoms with E-state index in [9.17, 15) is 14.7 Å². The van der Waals surface area contributed by atoms with Gasteiger partial charge >= 0.3 is 11.6 Å². The van der Waals surface area contributed by atoms with Crippen molar-refractivity contribution in [2.45, 2.75) is 70.2 Å². The van der Waals surface area contributed by atoms with Gasteiger partial charge < -0.3 is 28.5 Å². The van der Waals surface area contributed by atoms with Gasteiger partial charge in [0.15, 0.2) is 6.29 Å². The number of pyridine rings is 1. The summed E-state index contributed by atoms with van der Waals surface area (Å²) in [6.07, 6.45) is 2.25. The van der Waals surface area contributed by atoms with Crippen molar-refractivity contribution in [3.05, 3.63) is 117 Å². The molecular weight excluding hydrogens is 646 g/mol. The van der Waals surface area contributed by atoms with E-state index in [1.54, 1.807) is 54.9 Å². The minimum Gasteiger partial charge on any atom is -0.482 e. The summed E-state index contributed by atoms with van der Waals surface area (Å²) in [6, 6.07) is 21.8. The van der Waals surface area contributed by atoms with E-state index in [1.807, 2.05) is 37.3 Å². The lowest BCUT2D eigenvalue weighted by molar-refractivity contribution is -0.330. The Balaban J connectivity index is 1.22. The molecule has 1 saturated heterocycles. The number of carbonyl (C=O) groups is 1. The molecular formula is C39H38ClNO8. The maximum Gasteiger partial charge on any atom is 0.345 e. The van der Waals surface area contributed by atoms with E-state index in [2.05, 4.69) is 18.8 Å².